The second kappa shape index (κ2) is 6.54. The Morgan fingerprint density at radius 3 is 2.56 bits per heavy atom. The van der Waals surface area contributed by atoms with E-state index in [-0.39, 0.29) is 17.3 Å². The van der Waals surface area contributed by atoms with Gasteiger partial charge in [-0.15, -0.1) is 11.6 Å². The van der Waals surface area contributed by atoms with Gasteiger partial charge in [-0.25, -0.2) is 0 Å². The van der Waals surface area contributed by atoms with Crippen LogP contribution < -0.4 is 0 Å². The molecule has 0 aromatic heterocycles. The molecule has 0 radical (unpaired) electrons. The number of hydrogen-bond donors (Lipinski definition) is 0. The van der Waals surface area contributed by atoms with Crippen molar-refractivity contribution in [3.05, 3.63) is 35.9 Å². The van der Waals surface area contributed by atoms with Crippen molar-refractivity contribution in [1.29, 1.82) is 0 Å². The molecule has 1 aromatic carbocycles. The van der Waals surface area contributed by atoms with Gasteiger partial charge in [0.2, 0.25) is 0 Å². The predicted molar refractivity (Wildman–Crippen MR) is 65.5 cm³/mol. The molecule has 2 nitrogen and oxygen atoms in total. The number of halogens is 1. The molecular weight excluding hydrogens is 224 g/mol. The van der Waals surface area contributed by atoms with Crippen LogP contribution in [0.15, 0.2) is 30.3 Å². The molecule has 0 heterocycles. The lowest BCUT2D eigenvalue weighted by Crippen LogP contribution is -2.16. The number of ether oxygens (including phenoxy) is 1. The molecule has 0 bridgehead atoms. The molecule has 16 heavy (non-hydrogen) atoms. The number of carbonyl (C=O) groups is 1. The standard InChI is InChI=1S/C13H17ClO2/c1-3-16-13(15)10(2)9-12(14)11-7-5-4-6-8-11/h4-8,10,12H,3,9H2,1-2H3. The maximum Gasteiger partial charge on any atom is 0.308 e. The molecule has 0 aliphatic carbocycles. The van der Waals surface area contributed by atoms with Crippen molar-refractivity contribution in [3.8, 4) is 0 Å². The van der Waals surface area contributed by atoms with Crippen molar-refractivity contribution in [2.75, 3.05) is 6.61 Å². The molecule has 88 valence electrons. The molecule has 2 unspecified atom stereocenters. The Balaban J connectivity index is 2.51. The maximum absolute atomic E-state index is 11.4. The highest BCUT2D eigenvalue weighted by Crippen LogP contribution is 2.27. The third-order valence-corrected chi connectivity index (χ3v) is 2.84. The summed E-state index contributed by atoms with van der Waals surface area (Å²) in [4.78, 5) is 11.4. The van der Waals surface area contributed by atoms with Crippen molar-refractivity contribution in [2.45, 2.75) is 25.6 Å². The van der Waals surface area contributed by atoms with Gasteiger partial charge in [0, 0.05) is 0 Å². The average molecular weight is 241 g/mol. The Kier molecular flexibility index (Phi) is 5.33. The minimum atomic E-state index is -0.177. The fourth-order valence-electron chi connectivity index (χ4n) is 1.49. The van der Waals surface area contributed by atoms with Crippen LogP contribution in [0.4, 0.5) is 0 Å². The maximum atomic E-state index is 11.4. The van der Waals surface area contributed by atoms with Crippen molar-refractivity contribution in [3.63, 3.8) is 0 Å². The van der Waals surface area contributed by atoms with Gasteiger partial charge in [-0.05, 0) is 18.9 Å². The molecule has 2 atom stereocenters. The van der Waals surface area contributed by atoms with Crippen LogP contribution in [-0.4, -0.2) is 12.6 Å². The van der Waals surface area contributed by atoms with Crippen LogP contribution in [0.3, 0.4) is 0 Å². The lowest BCUT2D eigenvalue weighted by Gasteiger charge is -2.14. The molecule has 0 N–H and O–H groups in total. The Hall–Kier alpha value is -1.02. The number of carbonyl (C=O) groups excluding carboxylic acids is 1. The number of benzene rings is 1. The zero-order chi connectivity index (χ0) is 12.0. The number of alkyl halides is 1. The SMILES string of the molecule is CCOC(=O)C(C)CC(Cl)c1ccccc1. The molecule has 0 fully saturated rings. The van der Waals surface area contributed by atoms with E-state index in [0.29, 0.717) is 13.0 Å². The molecule has 0 saturated carbocycles. The van der Waals surface area contributed by atoms with Crippen LogP contribution >= 0.6 is 11.6 Å². The van der Waals surface area contributed by atoms with E-state index in [0.717, 1.165) is 5.56 Å². The second-order valence-electron chi connectivity index (χ2n) is 3.77. The molecule has 0 amide bonds. The van der Waals surface area contributed by atoms with E-state index >= 15 is 0 Å². The quantitative estimate of drug-likeness (QED) is 0.581. The van der Waals surface area contributed by atoms with Crippen LogP contribution in [0.25, 0.3) is 0 Å². The topological polar surface area (TPSA) is 26.3 Å². The number of hydrogen-bond acceptors (Lipinski definition) is 2. The summed E-state index contributed by atoms with van der Waals surface area (Å²) < 4.78 is 4.94. The normalized spacial score (nSPS) is 14.2. The average Bonchev–Trinajstić information content (AvgIpc) is 2.30. The fraction of sp³-hybridized carbons (Fsp3) is 0.462. The summed E-state index contributed by atoms with van der Waals surface area (Å²) in [7, 11) is 0. The predicted octanol–water partition coefficient (Wildman–Crippen LogP) is 3.56. The first-order valence-corrected chi connectivity index (χ1v) is 5.94. The van der Waals surface area contributed by atoms with E-state index in [1.165, 1.54) is 0 Å². The first-order valence-electron chi connectivity index (χ1n) is 5.50. The van der Waals surface area contributed by atoms with Crippen LogP contribution in [0.5, 0.6) is 0 Å². The van der Waals surface area contributed by atoms with Crippen LogP contribution in [0.1, 0.15) is 31.2 Å². The number of esters is 1. The minimum Gasteiger partial charge on any atom is -0.466 e. The molecule has 0 aliphatic rings. The molecule has 0 spiro atoms. The molecule has 1 rings (SSSR count). The van der Waals surface area contributed by atoms with Crippen LogP contribution in [-0.2, 0) is 9.53 Å². The molecular formula is C13H17ClO2. The summed E-state index contributed by atoms with van der Waals surface area (Å²) in [6.45, 7) is 4.07. The lowest BCUT2D eigenvalue weighted by atomic mass is 10.0. The van der Waals surface area contributed by atoms with E-state index in [4.69, 9.17) is 16.3 Å². The monoisotopic (exact) mass is 240 g/mol. The van der Waals surface area contributed by atoms with Gasteiger partial charge in [0.1, 0.15) is 0 Å². The van der Waals surface area contributed by atoms with Crippen LogP contribution in [0, 0.1) is 5.92 Å². The lowest BCUT2D eigenvalue weighted by molar-refractivity contribution is -0.147. The summed E-state index contributed by atoms with van der Waals surface area (Å²) in [6.07, 6.45) is 0.602. The van der Waals surface area contributed by atoms with Gasteiger partial charge < -0.3 is 4.74 Å². The van der Waals surface area contributed by atoms with Gasteiger partial charge in [0.25, 0.3) is 0 Å². The molecule has 1 aromatic rings. The van der Waals surface area contributed by atoms with Gasteiger partial charge in [0.15, 0.2) is 0 Å². The highest BCUT2D eigenvalue weighted by atomic mass is 35.5. The molecule has 0 aliphatic heterocycles. The fourth-order valence-corrected chi connectivity index (χ4v) is 1.90. The minimum absolute atomic E-state index is 0.138. The van der Waals surface area contributed by atoms with E-state index in [9.17, 15) is 4.79 Å². The summed E-state index contributed by atoms with van der Waals surface area (Å²) >= 11 is 6.24. The first kappa shape index (κ1) is 13.0. The highest BCUT2D eigenvalue weighted by Gasteiger charge is 2.19. The van der Waals surface area contributed by atoms with Gasteiger partial charge in [-0.1, -0.05) is 37.3 Å². The van der Waals surface area contributed by atoms with Crippen LogP contribution in [0.2, 0.25) is 0 Å². The van der Waals surface area contributed by atoms with Crippen molar-refractivity contribution in [1.82, 2.24) is 0 Å². The van der Waals surface area contributed by atoms with E-state index in [1.54, 1.807) is 6.92 Å². The largest absolute Gasteiger partial charge is 0.466 e. The van der Waals surface area contributed by atoms with Crippen molar-refractivity contribution >= 4 is 17.6 Å². The van der Waals surface area contributed by atoms with Crippen molar-refractivity contribution in [2.24, 2.45) is 5.92 Å². The Labute approximate surface area is 102 Å². The Morgan fingerprint density at radius 2 is 2.00 bits per heavy atom. The first-order chi connectivity index (χ1) is 7.65. The van der Waals surface area contributed by atoms with Crippen molar-refractivity contribution < 1.29 is 9.53 Å². The van der Waals surface area contributed by atoms with Gasteiger partial charge in [-0.2, -0.15) is 0 Å². The summed E-state index contributed by atoms with van der Waals surface area (Å²) in [5.74, 6) is -0.341. The van der Waals surface area contributed by atoms with E-state index in [1.807, 2.05) is 37.3 Å². The number of rotatable bonds is 5. The molecule has 0 saturated heterocycles. The summed E-state index contributed by atoms with van der Waals surface area (Å²) in [5.41, 5.74) is 1.04. The Morgan fingerprint density at radius 1 is 1.38 bits per heavy atom. The highest BCUT2D eigenvalue weighted by molar-refractivity contribution is 6.20. The second-order valence-corrected chi connectivity index (χ2v) is 4.29. The van der Waals surface area contributed by atoms with E-state index < -0.39 is 0 Å². The van der Waals surface area contributed by atoms with E-state index in [2.05, 4.69) is 0 Å². The molecule has 3 heteroatoms. The van der Waals surface area contributed by atoms with Gasteiger partial charge >= 0.3 is 5.97 Å². The zero-order valence-electron chi connectivity index (χ0n) is 9.65. The summed E-state index contributed by atoms with van der Waals surface area (Å²) in [6, 6.07) is 9.77. The third-order valence-electron chi connectivity index (χ3n) is 2.41. The zero-order valence-corrected chi connectivity index (χ0v) is 10.4. The smallest absolute Gasteiger partial charge is 0.308 e. The third kappa shape index (κ3) is 3.86. The van der Waals surface area contributed by atoms with Gasteiger partial charge in [-0.3, -0.25) is 4.79 Å². The summed E-state index contributed by atoms with van der Waals surface area (Å²) in [5, 5.41) is -0.138. The Bertz CT molecular complexity index is 324. The van der Waals surface area contributed by atoms with Gasteiger partial charge in [0.05, 0.1) is 17.9 Å².